The third-order valence-corrected chi connectivity index (χ3v) is 6.24. The molecule has 1 saturated carbocycles. The molecule has 3 fully saturated rings. The fourth-order valence-electron chi connectivity index (χ4n) is 4.56. The summed E-state index contributed by atoms with van der Waals surface area (Å²) in [7, 11) is 0. The highest BCUT2D eigenvalue weighted by Gasteiger charge is 2.51. The monoisotopic (exact) mass is 388 g/mol. The summed E-state index contributed by atoms with van der Waals surface area (Å²) in [6.45, 7) is 4.26. The van der Waals surface area contributed by atoms with Gasteiger partial charge in [-0.25, -0.2) is 8.78 Å². The molecular formula is C21H34F2O4. The Bertz CT molecular complexity index is 491. The first-order chi connectivity index (χ1) is 12.9. The Balaban J connectivity index is 1.69. The summed E-state index contributed by atoms with van der Waals surface area (Å²) in [6.07, 6.45) is 5.98. The van der Waals surface area contributed by atoms with Crippen LogP contribution in [0.2, 0.25) is 0 Å². The normalized spacial score (nSPS) is 40.2. The van der Waals surface area contributed by atoms with Crippen LogP contribution in [-0.2, 0) is 14.2 Å². The fraction of sp³-hybridized carbons (Fsp3) is 0.905. The van der Waals surface area contributed by atoms with Gasteiger partial charge in [-0.2, -0.15) is 0 Å². The number of fused-ring (bicyclic) bond motifs is 1. The Kier molecular flexibility index (Phi) is 7.28. The van der Waals surface area contributed by atoms with Crippen molar-refractivity contribution >= 4 is 0 Å². The number of aliphatic hydroxyl groups excluding tert-OH is 1. The molecule has 2 aliphatic heterocycles. The van der Waals surface area contributed by atoms with Gasteiger partial charge in [0.15, 0.2) is 18.8 Å². The number of hydrogen-bond acceptors (Lipinski definition) is 4. The molecule has 0 spiro atoms. The number of allylic oxidation sites excluding steroid dienone is 1. The molecule has 0 aromatic rings. The van der Waals surface area contributed by atoms with Crippen LogP contribution in [0.4, 0.5) is 8.78 Å². The lowest BCUT2D eigenvalue weighted by molar-refractivity contribution is -0.201. The lowest BCUT2D eigenvalue weighted by atomic mass is 9.88. The van der Waals surface area contributed by atoms with Crippen molar-refractivity contribution in [3.63, 3.8) is 0 Å². The van der Waals surface area contributed by atoms with Crippen LogP contribution in [0.5, 0.6) is 0 Å². The van der Waals surface area contributed by atoms with E-state index in [9.17, 15) is 9.50 Å². The first kappa shape index (κ1) is 21.2. The molecule has 0 aromatic carbocycles. The fourth-order valence-corrected chi connectivity index (χ4v) is 4.56. The maximum Gasteiger partial charge on any atom is 0.186 e. The maximum atomic E-state index is 15.4. The predicted octanol–water partition coefficient (Wildman–Crippen LogP) is 4.45. The Morgan fingerprint density at radius 2 is 2.11 bits per heavy atom. The minimum absolute atomic E-state index is 0.0671. The van der Waals surface area contributed by atoms with E-state index in [1.54, 1.807) is 13.0 Å². The summed E-state index contributed by atoms with van der Waals surface area (Å²) >= 11 is 0. The van der Waals surface area contributed by atoms with Crippen molar-refractivity contribution in [2.45, 2.75) is 102 Å². The minimum atomic E-state index is -1.51. The molecule has 4 unspecified atom stereocenters. The number of rotatable bonds is 8. The number of hydrogen-bond donors (Lipinski definition) is 1. The standard InChI is InChI=1S/C21H34F2O4/c1-3-4-12-21(2,23)16(27-17-7-5-6-13-25-17)11-9-14-8-10-15-18(14)19(22)20(24)26-15/h9,11,14-20,24H,3-8,10,12-13H2,1-2H3/t14-,15+,16?,17?,18-,19+,20?,21?/m0/s1. The molecule has 0 amide bonds. The largest absolute Gasteiger partial charge is 0.366 e. The second-order valence-electron chi connectivity index (χ2n) is 8.45. The van der Waals surface area contributed by atoms with Crippen LogP contribution >= 0.6 is 0 Å². The summed E-state index contributed by atoms with van der Waals surface area (Å²) in [5.74, 6) is -0.424. The summed E-state index contributed by atoms with van der Waals surface area (Å²) in [6, 6.07) is 0. The topological polar surface area (TPSA) is 47.9 Å². The summed E-state index contributed by atoms with van der Waals surface area (Å²) in [4.78, 5) is 0. The quantitative estimate of drug-likeness (QED) is 0.624. The van der Waals surface area contributed by atoms with Crippen LogP contribution in [0.15, 0.2) is 12.2 Å². The van der Waals surface area contributed by atoms with E-state index in [4.69, 9.17) is 14.2 Å². The molecule has 3 aliphatic rings. The molecule has 0 radical (unpaired) electrons. The Hall–Kier alpha value is -0.560. The molecule has 156 valence electrons. The Labute approximate surface area is 161 Å². The van der Waals surface area contributed by atoms with Crippen molar-refractivity contribution in [1.29, 1.82) is 0 Å². The highest BCUT2D eigenvalue weighted by molar-refractivity contribution is 5.08. The SMILES string of the molecule is CCCCC(C)(F)C(C=C[C@@H]1CC[C@H]2OC(O)[C@H](F)[C@@H]12)OC1CCCCO1. The van der Waals surface area contributed by atoms with Gasteiger partial charge in [0, 0.05) is 12.5 Å². The molecule has 6 heteroatoms. The number of ether oxygens (including phenoxy) is 3. The van der Waals surface area contributed by atoms with Gasteiger partial charge < -0.3 is 19.3 Å². The number of halogens is 2. The van der Waals surface area contributed by atoms with E-state index >= 15 is 4.39 Å². The van der Waals surface area contributed by atoms with E-state index in [2.05, 4.69) is 0 Å². The zero-order valence-corrected chi connectivity index (χ0v) is 16.5. The second-order valence-corrected chi connectivity index (χ2v) is 8.45. The van der Waals surface area contributed by atoms with Crippen LogP contribution in [-0.4, -0.2) is 48.3 Å². The maximum absolute atomic E-state index is 15.4. The first-order valence-corrected chi connectivity index (χ1v) is 10.5. The van der Waals surface area contributed by atoms with Gasteiger partial charge in [0.2, 0.25) is 0 Å². The zero-order valence-electron chi connectivity index (χ0n) is 16.5. The molecule has 27 heavy (non-hydrogen) atoms. The van der Waals surface area contributed by atoms with Gasteiger partial charge in [-0.3, -0.25) is 0 Å². The summed E-state index contributed by atoms with van der Waals surface area (Å²) in [5, 5.41) is 9.62. The highest BCUT2D eigenvalue weighted by atomic mass is 19.1. The molecule has 8 atom stereocenters. The van der Waals surface area contributed by atoms with Gasteiger partial charge in [-0.15, -0.1) is 0 Å². The molecule has 3 rings (SSSR count). The summed E-state index contributed by atoms with van der Waals surface area (Å²) < 4.78 is 46.6. The molecule has 0 bridgehead atoms. The first-order valence-electron chi connectivity index (χ1n) is 10.5. The van der Waals surface area contributed by atoms with Gasteiger partial charge in [0.1, 0.15) is 11.8 Å². The molecule has 4 nitrogen and oxygen atoms in total. The van der Waals surface area contributed by atoms with Gasteiger partial charge in [-0.1, -0.05) is 31.9 Å². The van der Waals surface area contributed by atoms with Crippen molar-refractivity contribution in [1.82, 2.24) is 0 Å². The smallest absolute Gasteiger partial charge is 0.186 e. The van der Waals surface area contributed by atoms with Crippen LogP contribution in [0, 0.1) is 11.8 Å². The highest BCUT2D eigenvalue weighted by Crippen LogP contribution is 2.45. The molecule has 1 N–H and O–H groups in total. The van der Waals surface area contributed by atoms with Crippen molar-refractivity contribution in [2.24, 2.45) is 11.8 Å². The lowest BCUT2D eigenvalue weighted by Crippen LogP contribution is -2.40. The number of aliphatic hydroxyl groups is 1. The third kappa shape index (κ3) is 5.08. The van der Waals surface area contributed by atoms with E-state index in [0.717, 1.165) is 44.9 Å². The Morgan fingerprint density at radius 3 is 2.81 bits per heavy atom. The molecule has 1 aliphatic carbocycles. The van der Waals surface area contributed by atoms with Gasteiger partial charge in [-0.05, 0) is 51.4 Å². The van der Waals surface area contributed by atoms with E-state index in [1.165, 1.54) is 0 Å². The predicted molar refractivity (Wildman–Crippen MR) is 98.6 cm³/mol. The number of unbranched alkanes of at least 4 members (excludes halogenated alkanes) is 1. The van der Waals surface area contributed by atoms with Crippen molar-refractivity contribution in [2.75, 3.05) is 6.61 Å². The zero-order chi connectivity index (χ0) is 19.4. The third-order valence-electron chi connectivity index (χ3n) is 6.24. The van der Waals surface area contributed by atoms with Gasteiger partial charge >= 0.3 is 0 Å². The van der Waals surface area contributed by atoms with Crippen LogP contribution < -0.4 is 0 Å². The van der Waals surface area contributed by atoms with Crippen molar-refractivity contribution in [3.05, 3.63) is 12.2 Å². The average Bonchev–Trinajstić information content (AvgIpc) is 3.17. The molecule has 2 heterocycles. The minimum Gasteiger partial charge on any atom is -0.366 e. The Morgan fingerprint density at radius 1 is 1.30 bits per heavy atom. The van der Waals surface area contributed by atoms with Crippen LogP contribution in [0.3, 0.4) is 0 Å². The van der Waals surface area contributed by atoms with Gasteiger partial charge in [0.05, 0.1) is 6.10 Å². The van der Waals surface area contributed by atoms with Crippen molar-refractivity contribution in [3.8, 4) is 0 Å². The molecule has 0 aromatic heterocycles. The van der Waals surface area contributed by atoms with E-state index in [-0.39, 0.29) is 24.2 Å². The van der Waals surface area contributed by atoms with Crippen LogP contribution in [0.1, 0.15) is 65.2 Å². The van der Waals surface area contributed by atoms with Crippen molar-refractivity contribution < 1.29 is 28.1 Å². The van der Waals surface area contributed by atoms with E-state index < -0.39 is 24.2 Å². The summed E-state index contributed by atoms with van der Waals surface area (Å²) in [5.41, 5.74) is -1.51. The van der Waals surface area contributed by atoms with Crippen LogP contribution in [0.25, 0.3) is 0 Å². The van der Waals surface area contributed by atoms with E-state index in [1.807, 2.05) is 13.0 Å². The second kappa shape index (κ2) is 9.29. The lowest BCUT2D eigenvalue weighted by Gasteiger charge is -2.33. The molecular weight excluding hydrogens is 354 g/mol. The van der Waals surface area contributed by atoms with E-state index in [0.29, 0.717) is 13.0 Å². The molecule has 2 saturated heterocycles. The van der Waals surface area contributed by atoms with Gasteiger partial charge in [0.25, 0.3) is 0 Å². The number of alkyl halides is 2. The average molecular weight is 388 g/mol.